The fourth-order valence-electron chi connectivity index (χ4n) is 3.40. The zero-order chi connectivity index (χ0) is 18.8. The van der Waals surface area contributed by atoms with Crippen molar-refractivity contribution in [3.8, 4) is 11.4 Å². The molecule has 2 heterocycles. The van der Waals surface area contributed by atoms with Crippen molar-refractivity contribution < 1.29 is 13.9 Å². The second kappa shape index (κ2) is 7.19. The van der Waals surface area contributed by atoms with E-state index >= 15 is 0 Å². The molecule has 1 atom stereocenters. The maximum Gasteiger partial charge on any atom is 0.270 e. The molecule has 1 aliphatic carbocycles. The van der Waals surface area contributed by atoms with Gasteiger partial charge >= 0.3 is 0 Å². The Morgan fingerprint density at radius 1 is 1.22 bits per heavy atom. The summed E-state index contributed by atoms with van der Waals surface area (Å²) in [6.07, 6.45) is 5.51. The third-order valence-corrected chi connectivity index (χ3v) is 4.77. The molecule has 0 bridgehead atoms. The van der Waals surface area contributed by atoms with E-state index in [9.17, 15) is 9.18 Å². The molecule has 1 N–H and O–H groups in total. The van der Waals surface area contributed by atoms with Gasteiger partial charge in [0.2, 0.25) is 0 Å². The van der Waals surface area contributed by atoms with Gasteiger partial charge in [-0.05, 0) is 55.7 Å². The smallest absolute Gasteiger partial charge is 0.270 e. The molecule has 1 unspecified atom stereocenters. The summed E-state index contributed by atoms with van der Waals surface area (Å²) in [5.41, 5.74) is 3.24. The number of rotatable bonds is 4. The number of amides is 1. The zero-order valence-electron chi connectivity index (χ0n) is 14.9. The van der Waals surface area contributed by atoms with Crippen molar-refractivity contribution in [2.45, 2.75) is 25.3 Å². The van der Waals surface area contributed by atoms with Crippen molar-refractivity contribution in [1.29, 1.82) is 0 Å². The van der Waals surface area contributed by atoms with Crippen LogP contribution in [-0.2, 0) is 6.42 Å². The standard InChI is InChI=1S/C20H19FN4O2/c1-27-15-8-6-14(7-9-15)25-19-4-2-3-17(16(19)12-23-25)24-20(26)18-10-5-13(21)11-22-18/h5-12,17H,2-4H2,1H3,(H,24,26). The van der Waals surface area contributed by atoms with Crippen molar-refractivity contribution in [2.75, 3.05) is 7.11 Å². The molecule has 1 amide bonds. The van der Waals surface area contributed by atoms with E-state index in [0.717, 1.165) is 48.2 Å². The molecule has 0 saturated carbocycles. The first-order chi connectivity index (χ1) is 13.2. The Hall–Kier alpha value is -3.22. The third-order valence-electron chi connectivity index (χ3n) is 4.77. The molecule has 3 aromatic rings. The first kappa shape index (κ1) is 17.2. The van der Waals surface area contributed by atoms with Crippen molar-refractivity contribution in [1.82, 2.24) is 20.1 Å². The van der Waals surface area contributed by atoms with Crippen LogP contribution in [0.1, 0.15) is 40.6 Å². The average molecular weight is 366 g/mol. The molecule has 27 heavy (non-hydrogen) atoms. The summed E-state index contributed by atoms with van der Waals surface area (Å²) >= 11 is 0. The van der Waals surface area contributed by atoms with Gasteiger partial charge in [-0.2, -0.15) is 5.10 Å². The lowest BCUT2D eigenvalue weighted by atomic mass is 9.92. The van der Waals surface area contributed by atoms with Gasteiger partial charge < -0.3 is 10.1 Å². The lowest BCUT2D eigenvalue weighted by Crippen LogP contribution is -2.31. The quantitative estimate of drug-likeness (QED) is 0.770. The number of nitrogens with zero attached hydrogens (tertiary/aromatic N) is 3. The molecule has 0 spiro atoms. The van der Waals surface area contributed by atoms with E-state index in [0.29, 0.717) is 0 Å². The molecular weight excluding hydrogens is 347 g/mol. The summed E-state index contributed by atoms with van der Waals surface area (Å²) in [6, 6.07) is 10.2. The van der Waals surface area contributed by atoms with Crippen LogP contribution in [0.4, 0.5) is 4.39 Å². The van der Waals surface area contributed by atoms with Crippen LogP contribution < -0.4 is 10.1 Å². The van der Waals surface area contributed by atoms with E-state index in [1.165, 1.54) is 12.1 Å². The molecule has 2 aromatic heterocycles. The van der Waals surface area contributed by atoms with Crippen LogP contribution in [0, 0.1) is 5.82 Å². The van der Waals surface area contributed by atoms with Crippen LogP contribution in [0.2, 0.25) is 0 Å². The Morgan fingerprint density at radius 3 is 2.74 bits per heavy atom. The predicted octanol–water partition coefficient (Wildman–Crippen LogP) is 3.22. The van der Waals surface area contributed by atoms with Gasteiger partial charge in [0.25, 0.3) is 5.91 Å². The number of pyridine rings is 1. The number of carbonyl (C=O) groups excluding carboxylic acids is 1. The maximum atomic E-state index is 13.0. The molecule has 0 saturated heterocycles. The number of methoxy groups -OCH3 is 1. The minimum absolute atomic E-state index is 0.139. The molecule has 0 radical (unpaired) electrons. The summed E-state index contributed by atoms with van der Waals surface area (Å²) in [5.74, 6) is 0.00836. The molecule has 0 aliphatic heterocycles. The SMILES string of the molecule is COc1ccc(-n2ncc3c2CCCC3NC(=O)c2ccc(F)cn2)cc1. The summed E-state index contributed by atoms with van der Waals surface area (Å²) in [6.45, 7) is 0. The number of hydrogen-bond acceptors (Lipinski definition) is 4. The van der Waals surface area contributed by atoms with E-state index in [1.807, 2.05) is 35.1 Å². The fourth-order valence-corrected chi connectivity index (χ4v) is 3.40. The van der Waals surface area contributed by atoms with Crippen LogP contribution in [-0.4, -0.2) is 27.8 Å². The molecular formula is C20H19FN4O2. The van der Waals surface area contributed by atoms with Crippen molar-refractivity contribution >= 4 is 5.91 Å². The minimum atomic E-state index is -0.465. The molecule has 7 heteroatoms. The normalized spacial score (nSPS) is 15.9. The monoisotopic (exact) mass is 366 g/mol. The highest BCUT2D eigenvalue weighted by Crippen LogP contribution is 2.31. The van der Waals surface area contributed by atoms with E-state index in [2.05, 4.69) is 15.4 Å². The van der Waals surface area contributed by atoms with Gasteiger partial charge in [0, 0.05) is 11.3 Å². The zero-order valence-corrected chi connectivity index (χ0v) is 14.9. The minimum Gasteiger partial charge on any atom is -0.497 e. The van der Waals surface area contributed by atoms with Gasteiger partial charge in [0.05, 0.1) is 31.2 Å². The second-order valence-corrected chi connectivity index (χ2v) is 6.44. The number of halogens is 1. The average Bonchev–Trinajstić information content (AvgIpc) is 3.14. The second-order valence-electron chi connectivity index (χ2n) is 6.44. The summed E-state index contributed by atoms with van der Waals surface area (Å²) in [5, 5.41) is 7.52. The van der Waals surface area contributed by atoms with Gasteiger partial charge in [-0.25, -0.2) is 14.1 Å². The highest BCUT2D eigenvalue weighted by atomic mass is 19.1. The van der Waals surface area contributed by atoms with Crippen molar-refractivity contribution in [2.24, 2.45) is 0 Å². The number of fused-ring (bicyclic) bond motifs is 1. The Bertz CT molecular complexity index is 951. The predicted molar refractivity (Wildman–Crippen MR) is 97.5 cm³/mol. The Balaban J connectivity index is 1.57. The Kier molecular flexibility index (Phi) is 4.58. The Labute approximate surface area is 156 Å². The van der Waals surface area contributed by atoms with Gasteiger partial charge in [-0.3, -0.25) is 4.79 Å². The van der Waals surface area contributed by atoms with Crippen molar-refractivity contribution in [3.63, 3.8) is 0 Å². The Morgan fingerprint density at radius 2 is 2.04 bits per heavy atom. The largest absolute Gasteiger partial charge is 0.497 e. The first-order valence-electron chi connectivity index (χ1n) is 8.79. The van der Waals surface area contributed by atoms with Crippen LogP contribution in [0.5, 0.6) is 5.75 Å². The number of nitrogens with one attached hydrogen (secondary N) is 1. The first-order valence-corrected chi connectivity index (χ1v) is 8.79. The molecule has 6 nitrogen and oxygen atoms in total. The van der Waals surface area contributed by atoms with Gasteiger partial charge in [-0.15, -0.1) is 0 Å². The summed E-state index contributed by atoms with van der Waals surface area (Å²) < 4.78 is 20.1. The van der Waals surface area contributed by atoms with E-state index in [-0.39, 0.29) is 17.6 Å². The highest BCUT2D eigenvalue weighted by molar-refractivity contribution is 5.92. The molecule has 1 aliphatic rings. The summed E-state index contributed by atoms with van der Waals surface area (Å²) in [4.78, 5) is 16.3. The summed E-state index contributed by atoms with van der Waals surface area (Å²) in [7, 11) is 1.63. The lowest BCUT2D eigenvalue weighted by Gasteiger charge is -2.24. The fraction of sp³-hybridized carbons (Fsp3) is 0.250. The van der Waals surface area contributed by atoms with Gasteiger partial charge in [0.15, 0.2) is 0 Å². The number of hydrogen-bond donors (Lipinski definition) is 1. The molecule has 4 rings (SSSR count). The van der Waals surface area contributed by atoms with E-state index < -0.39 is 5.82 Å². The van der Waals surface area contributed by atoms with Gasteiger partial charge in [0.1, 0.15) is 17.3 Å². The van der Waals surface area contributed by atoms with Crippen LogP contribution in [0.25, 0.3) is 5.69 Å². The van der Waals surface area contributed by atoms with Crippen LogP contribution in [0.3, 0.4) is 0 Å². The topological polar surface area (TPSA) is 69.0 Å². The number of carbonyl (C=O) groups is 1. The maximum absolute atomic E-state index is 13.0. The molecule has 138 valence electrons. The number of aromatic nitrogens is 3. The number of benzene rings is 1. The number of ether oxygens (including phenoxy) is 1. The lowest BCUT2D eigenvalue weighted by molar-refractivity contribution is 0.0927. The van der Waals surface area contributed by atoms with Crippen LogP contribution >= 0.6 is 0 Å². The van der Waals surface area contributed by atoms with Crippen LogP contribution in [0.15, 0.2) is 48.8 Å². The van der Waals surface area contributed by atoms with E-state index in [4.69, 9.17) is 4.74 Å². The third kappa shape index (κ3) is 3.40. The van der Waals surface area contributed by atoms with Crippen molar-refractivity contribution in [3.05, 3.63) is 71.6 Å². The molecule has 0 fully saturated rings. The molecule has 1 aromatic carbocycles. The van der Waals surface area contributed by atoms with Gasteiger partial charge in [-0.1, -0.05) is 0 Å². The highest BCUT2D eigenvalue weighted by Gasteiger charge is 2.26. The van der Waals surface area contributed by atoms with E-state index in [1.54, 1.807) is 7.11 Å².